The highest BCUT2D eigenvalue weighted by Crippen LogP contribution is 2.37. The number of benzene rings is 1. The van der Waals surface area contributed by atoms with Crippen molar-refractivity contribution < 1.29 is 13.5 Å². The third-order valence-corrected chi connectivity index (χ3v) is 6.74. The monoisotopic (exact) mass is 315 g/mol. The van der Waals surface area contributed by atoms with E-state index in [1.54, 1.807) is 25.1 Å². The lowest BCUT2D eigenvalue weighted by Gasteiger charge is -2.23. The Morgan fingerprint density at radius 3 is 2.80 bits per heavy atom. The molecule has 1 saturated heterocycles. The molecule has 0 aliphatic carbocycles. The molecule has 2 rings (SSSR count). The number of thioether (sulfide) groups is 1. The molecule has 4 nitrogen and oxygen atoms in total. The van der Waals surface area contributed by atoms with E-state index in [4.69, 9.17) is 5.11 Å². The van der Waals surface area contributed by atoms with Crippen molar-refractivity contribution in [3.63, 3.8) is 0 Å². The van der Waals surface area contributed by atoms with Crippen LogP contribution in [0.3, 0.4) is 0 Å². The fourth-order valence-electron chi connectivity index (χ4n) is 2.33. The minimum absolute atomic E-state index is 0.00440. The van der Waals surface area contributed by atoms with Crippen molar-refractivity contribution in [2.75, 3.05) is 12.3 Å². The maximum atomic E-state index is 12.4. The Bertz CT molecular complexity index is 578. The number of hydrogen-bond donors (Lipinski definition) is 2. The molecule has 1 aromatic carbocycles. The van der Waals surface area contributed by atoms with Crippen LogP contribution in [-0.2, 0) is 16.6 Å². The number of aliphatic hydroxyl groups is 1. The van der Waals surface area contributed by atoms with Gasteiger partial charge in [-0.25, -0.2) is 13.1 Å². The number of hydrogen-bond acceptors (Lipinski definition) is 4. The van der Waals surface area contributed by atoms with Crippen LogP contribution in [0, 0.1) is 6.92 Å². The van der Waals surface area contributed by atoms with Crippen LogP contribution in [-0.4, -0.2) is 30.6 Å². The summed E-state index contributed by atoms with van der Waals surface area (Å²) < 4.78 is 27.6. The molecule has 0 bridgehead atoms. The van der Waals surface area contributed by atoms with Gasteiger partial charge in [0, 0.05) is 11.3 Å². The average Bonchev–Trinajstić information content (AvgIpc) is 2.85. The van der Waals surface area contributed by atoms with E-state index >= 15 is 0 Å². The molecule has 6 heteroatoms. The van der Waals surface area contributed by atoms with Crippen molar-refractivity contribution in [3.8, 4) is 0 Å². The summed E-state index contributed by atoms with van der Waals surface area (Å²) in [6.45, 7) is 4.16. The minimum Gasteiger partial charge on any atom is -0.392 e. The topological polar surface area (TPSA) is 66.4 Å². The third kappa shape index (κ3) is 3.55. The summed E-state index contributed by atoms with van der Waals surface area (Å²) in [6.07, 6.45) is 2.18. The Morgan fingerprint density at radius 2 is 2.20 bits per heavy atom. The van der Waals surface area contributed by atoms with Crippen LogP contribution in [0.1, 0.15) is 30.9 Å². The molecule has 1 aliphatic rings. The van der Waals surface area contributed by atoms with Crippen LogP contribution < -0.4 is 4.72 Å². The number of aliphatic hydroxyl groups excluding tert-OH is 1. The van der Waals surface area contributed by atoms with Gasteiger partial charge in [0.15, 0.2) is 0 Å². The summed E-state index contributed by atoms with van der Waals surface area (Å²) in [5, 5.41) is 9.14. The highest BCUT2D eigenvalue weighted by molar-refractivity contribution is 8.01. The maximum absolute atomic E-state index is 12.4. The summed E-state index contributed by atoms with van der Waals surface area (Å²) in [4.78, 5) is 0.260. The molecule has 0 saturated carbocycles. The first kappa shape index (κ1) is 15.8. The highest BCUT2D eigenvalue weighted by Gasteiger charge is 2.31. The summed E-state index contributed by atoms with van der Waals surface area (Å²) in [6, 6.07) is 5.01. The summed E-state index contributed by atoms with van der Waals surface area (Å²) in [5.74, 6) is 1.09. The van der Waals surface area contributed by atoms with Gasteiger partial charge in [0.2, 0.25) is 10.0 Å². The van der Waals surface area contributed by atoms with E-state index in [1.807, 2.05) is 11.8 Å². The smallest absolute Gasteiger partial charge is 0.240 e. The highest BCUT2D eigenvalue weighted by atomic mass is 32.2. The summed E-state index contributed by atoms with van der Waals surface area (Å²) in [5.41, 5.74) is 1.30. The van der Waals surface area contributed by atoms with Gasteiger partial charge in [0.1, 0.15) is 0 Å². The normalized spacial score (nSPS) is 23.1. The zero-order chi connectivity index (χ0) is 14.8. The van der Waals surface area contributed by atoms with Gasteiger partial charge in [-0.3, -0.25) is 0 Å². The van der Waals surface area contributed by atoms with Crippen molar-refractivity contribution in [2.45, 2.75) is 42.9 Å². The second-order valence-corrected chi connectivity index (χ2v) is 8.90. The molecular weight excluding hydrogens is 294 g/mol. The van der Waals surface area contributed by atoms with Crippen LogP contribution in [0.25, 0.3) is 0 Å². The molecule has 20 heavy (non-hydrogen) atoms. The lowest BCUT2D eigenvalue weighted by Crippen LogP contribution is -2.37. The Hall–Kier alpha value is -0.560. The Kier molecular flexibility index (Phi) is 4.79. The molecule has 1 heterocycles. The molecule has 0 radical (unpaired) electrons. The van der Waals surface area contributed by atoms with Crippen LogP contribution in [0.15, 0.2) is 23.1 Å². The van der Waals surface area contributed by atoms with E-state index in [0.29, 0.717) is 17.7 Å². The Balaban J connectivity index is 2.17. The second kappa shape index (κ2) is 6.05. The van der Waals surface area contributed by atoms with Gasteiger partial charge in [-0.15, -0.1) is 0 Å². The van der Waals surface area contributed by atoms with E-state index in [1.165, 1.54) is 0 Å². The zero-order valence-corrected chi connectivity index (χ0v) is 13.5. The van der Waals surface area contributed by atoms with Crippen LogP contribution >= 0.6 is 11.8 Å². The van der Waals surface area contributed by atoms with Gasteiger partial charge in [-0.2, -0.15) is 11.8 Å². The van der Waals surface area contributed by atoms with Gasteiger partial charge in [-0.05, 0) is 49.6 Å². The largest absolute Gasteiger partial charge is 0.392 e. The summed E-state index contributed by atoms with van der Waals surface area (Å²) in [7, 11) is -3.52. The first-order valence-corrected chi connectivity index (χ1v) is 9.17. The molecule has 1 aromatic rings. The van der Waals surface area contributed by atoms with E-state index in [2.05, 4.69) is 11.6 Å². The van der Waals surface area contributed by atoms with E-state index in [9.17, 15) is 8.42 Å². The predicted molar refractivity (Wildman–Crippen MR) is 82.4 cm³/mol. The molecule has 1 aliphatic heterocycles. The molecule has 1 fully saturated rings. The van der Waals surface area contributed by atoms with Crippen LogP contribution in [0.2, 0.25) is 0 Å². The van der Waals surface area contributed by atoms with Gasteiger partial charge >= 0.3 is 0 Å². The third-order valence-electron chi connectivity index (χ3n) is 3.66. The van der Waals surface area contributed by atoms with Crippen molar-refractivity contribution in [3.05, 3.63) is 29.3 Å². The fourth-order valence-corrected chi connectivity index (χ4v) is 5.13. The molecule has 1 atom stereocenters. The molecule has 0 amide bonds. The number of nitrogens with one attached hydrogen (secondary N) is 1. The predicted octanol–water partition coefficient (Wildman–Crippen LogP) is 2.05. The number of rotatable bonds is 5. The van der Waals surface area contributed by atoms with Gasteiger partial charge in [0.05, 0.1) is 11.5 Å². The van der Waals surface area contributed by atoms with Gasteiger partial charge in [0.25, 0.3) is 0 Å². The van der Waals surface area contributed by atoms with E-state index < -0.39 is 10.0 Å². The van der Waals surface area contributed by atoms with Crippen LogP contribution in [0.4, 0.5) is 0 Å². The molecule has 0 spiro atoms. The quantitative estimate of drug-likeness (QED) is 0.873. The average molecular weight is 315 g/mol. The van der Waals surface area contributed by atoms with Crippen LogP contribution in [0.5, 0.6) is 0 Å². The minimum atomic E-state index is -3.52. The lowest BCUT2D eigenvalue weighted by atomic mass is 10.1. The fraction of sp³-hybridized carbons (Fsp3) is 0.571. The zero-order valence-electron chi connectivity index (χ0n) is 11.8. The van der Waals surface area contributed by atoms with Crippen molar-refractivity contribution in [2.24, 2.45) is 0 Å². The van der Waals surface area contributed by atoms with Crippen molar-refractivity contribution in [1.82, 2.24) is 4.72 Å². The molecule has 2 N–H and O–H groups in total. The number of aryl methyl sites for hydroxylation is 1. The van der Waals surface area contributed by atoms with Gasteiger partial charge in [-0.1, -0.05) is 12.1 Å². The number of sulfonamides is 1. The van der Waals surface area contributed by atoms with Gasteiger partial charge < -0.3 is 5.11 Å². The molecular formula is C14H21NO3S2. The lowest BCUT2D eigenvalue weighted by molar-refractivity contribution is 0.281. The molecule has 0 aromatic heterocycles. The summed E-state index contributed by atoms with van der Waals surface area (Å²) >= 11 is 1.83. The second-order valence-electron chi connectivity index (χ2n) is 5.48. The van der Waals surface area contributed by atoms with Crippen molar-refractivity contribution in [1.29, 1.82) is 0 Å². The Morgan fingerprint density at radius 1 is 1.45 bits per heavy atom. The van der Waals surface area contributed by atoms with Crippen molar-refractivity contribution >= 4 is 21.8 Å². The standard InChI is InChI=1S/C14H21NO3S2/c1-11-4-5-12(9-16)8-13(11)20(17,18)15-10-14(2)6-3-7-19-14/h4-5,8,15-16H,3,6-7,9-10H2,1-2H3. The molecule has 112 valence electrons. The van der Waals surface area contributed by atoms with E-state index in [0.717, 1.165) is 18.6 Å². The van der Waals surface area contributed by atoms with E-state index in [-0.39, 0.29) is 16.2 Å². The Labute approximate surface area is 125 Å². The first-order valence-electron chi connectivity index (χ1n) is 6.70. The SMILES string of the molecule is Cc1ccc(CO)cc1S(=O)(=O)NCC1(C)CCCS1. The maximum Gasteiger partial charge on any atom is 0.240 e. The first-order chi connectivity index (χ1) is 9.36. The molecule has 1 unspecified atom stereocenters.